The minimum absolute atomic E-state index is 0.0222. The lowest BCUT2D eigenvalue weighted by Gasteiger charge is -2.11. The Morgan fingerprint density at radius 1 is 1.03 bits per heavy atom. The van der Waals surface area contributed by atoms with Crippen LogP contribution in [-0.2, 0) is 16.4 Å². The lowest BCUT2D eigenvalue weighted by molar-refractivity contribution is 0.102. The van der Waals surface area contributed by atoms with Crippen molar-refractivity contribution in [3.63, 3.8) is 0 Å². The monoisotopic (exact) mass is 424 g/mol. The SMILES string of the molecule is CN(C)S(=O)(=O)c1ccc(SCC(=O)c2ccc3c(c2)-c2ccccc2C3)nc1. The van der Waals surface area contributed by atoms with E-state index in [1.807, 2.05) is 30.3 Å². The average Bonchev–Trinajstić information content (AvgIpc) is 3.10. The molecule has 0 unspecified atom stereocenters. The molecule has 5 nitrogen and oxygen atoms in total. The quantitative estimate of drug-likeness (QED) is 0.347. The highest BCUT2D eigenvalue weighted by molar-refractivity contribution is 7.99. The summed E-state index contributed by atoms with van der Waals surface area (Å²) in [6, 6.07) is 17.3. The Labute approximate surface area is 174 Å². The number of benzene rings is 2. The Bertz CT molecular complexity index is 1190. The van der Waals surface area contributed by atoms with Gasteiger partial charge in [0.15, 0.2) is 5.78 Å². The zero-order chi connectivity index (χ0) is 20.6. The lowest BCUT2D eigenvalue weighted by Crippen LogP contribution is -2.22. The summed E-state index contributed by atoms with van der Waals surface area (Å²) in [7, 11) is -0.548. The van der Waals surface area contributed by atoms with E-state index in [9.17, 15) is 13.2 Å². The third kappa shape index (κ3) is 3.85. The molecule has 2 aromatic carbocycles. The Hall–Kier alpha value is -2.48. The van der Waals surface area contributed by atoms with Crippen molar-refractivity contribution in [1.82, 2.24) is 9.29 Å². The molecule has 29 heavy (non-hydrogen) atoms. The Morgan fingerprint density at radius 3 is 2.52 bits per heavy atom. The number of fused-ring (bicyclic) bond motifs is 3. The molecule has 7 heteroatoms. The fourth-order valence-electron chi connectivity index (χ4n) is 3.34. The molecule has 0 saturated carbocycles. The summed E-state index contributed by atoms with van der Waals surface area (Å²) >= 11 is 1.30. The van der Waals surface area contributed by atoms with Crippen molar-refractivity contribution in [3.05, 3.63) is 77.5 Å². The van der Waals surface area contributed by atoms with Crippen molar-refractivity contribution in [2.45, 2.75) is 16.3 Å². The maximum Gasteiger partial charge on any atom is 0.244 e. The van der Waals surface area contributed by atoms with Crippen molar-refractivity contribution in [2.75, 3.05) is 19.8 Å². The zero-order valence-corrected chi connectivity index (χ0v) is 17.8. The number of sulfonamides is 1. The number of rotatable bonds is 6. The van der Waals surface area contributed by atoms with Gasteiger partial charge < -0.3 is 0 Å². The maximum absolute atomic E-state index is 12.7. The fraction of sp³-hybridized carbons (Fsp3) is 0.182. The number of carbonyl (C=O) groups is 1. The summed E-state index contributed by atoms with van der Waals surface area (Å²) in [6.07, 6.45) is 2.23. The van der Waals surface area contributed by atoms with E-state index >= 15 is 0 Å². The zero-order valence-electron chi connectivity index (χ0n) is 16.1. The maximum atomic E-state index is 12.7. The number of aromatic nitrogens is 1. The van der Waals surface area contributed by atoms with Crippen LogP contribution in [0.5, 0.6) is 0 Å². The first-order chi connectivity index (χ1) is 13.9. The summed E-state index contributed by atoms with van der Waals surface area (Å²) in [5, 5.41) is 0.613. The predicted molar refractivity (Wildman–Crippen MR) is 115 cm³/mol. The molecule has 0 saturated heterocycles. The van der Waals surface area contributed by atoms with E-state index in [0.29, 0.717) is 10.6 Å². The van der Waals surface area contributed by atoms with Crippen LogP contribution < -0.4 is 0 Å². The molecule has 4 rings (SSSR count). The first-order valence-electron chi connectivity index (χ1n) is 9.12. The predicted octanol–water partition coefficient (Wildman–Crippen LogP) is 3.88. The third-order valence-electron chi connectivity index (χ3n) is 4.96. The van der Waals surface area contributed by atoms with Crippen molar-refractivity contribution in [1.29, 1.82) is 0 Å². The van der Waals surface area contributed by atoms with Gasteiger partial charge in [-0.15, -0.1) is 0 Å². The van der Waals surface area contributed by atoms with Crippen LogP contribution >= 0.6 is 11.8 Å². The average molecular weight is 425 g/mol. The molecule has 0 N–H and O–H groups in total. The van der Waals surface area contributed by atoms with Crippen LogP contribution in [-0.4, -0.2) is 43.3 Å². The molecule has 0 spiro atoms. The van der Waals surface area contributed by atoms with Crippen molar-refractivity contribution >= 4 is 27.6 Å². The van der Waals surface area contributed by atoms with Crippen LogP contribution in [0.1, 0.15) is 21.5 Å². The van der Waals surface area contributed by atoms with Crippen molar-refractivity contribution < 1.29 is 13.2 Å². The van der Waals surface area contributed by atoms with Gasteiger partial charge in [-0.2, -0.15) is 0 Å². The minimum atomic E-state index is -3.50. The van der Waals surface area contributed by atoms with E-state index in [0.717, 1.165) is 16.3 Å². The molecule has 0 amide bonds. The number of nitrogens with zero attached hydrogens (tertiary/aromatic N) is 2. The number of hydrogen-bond acceptors (Lipinski definition) is 5. The van der Waals surface area contributed by atoms with E-state index in [1.54, 1.807) is 6.07 Å². The Balaban J connectivity index is 1.46. The molecule has 1 aliphatic carbocycles. The van der Waals surface area contributed by atoms with Gasteiger partial charge in [0.2, 0.25) is 10.0 Å². The summed E-state index contributed by atoms with van der Waals surface area (Å²) in [5.41, 5.74) is 5.55. The van der Waals surface area contributed by atoms with Crippen LogP contribution in [0.3, 0.4) is 0 Å². The standard InChI is InChI=1S/C22H20N2O3S2/c1-24(2)29(26,27)18-9-10-22(23-13-18)28-14-21(25)17-8-7-16-11-15-5-3-4-6-19(15)20(16)12-17/h3-10,12-13H,11,14H2,1-2H3. The van der Waals surface area contributed by atoms with Gasteiger partial charge in [-0.25, -0.2) is 17.7 Å². The highest BCUT2D eigenvalue weighted by atomic mass is 32.2. The van der Waals surface area contributed by atoms with Gasteiger partial charge in [0.25, 0.3) is 0 Å². The van der Waals surface area contributed by atoms with Crippen LogP contribution in [0.2, 0.25) is 0 Å². The van der Waals surface area contributed by atoms with Crippen LogP contribution in [0.15, 0.2) is 70.7 Å². The Kier molecular flexibility index (Phi) is 5.29. The van der Waals surface area contributed by atoms with E-state index in [1.165, 1.54) is 54.8 Å². The van der Waals surface area contributed by atoms with Crippen LogP contribution in [0.4, 0.5) is 0 Å². The van der Waals surface area contributed by atoms with Crippen LogP contribution in [0, 0.1) is 0 Å². The summed E-state index contributed by atoms with van der Waals surface area (Å²) < 4.78 is 25.3. The van der Waals surface area contributed by atoms with E-state index in [-0.39, 0.29) is 16.4 Å². The number of thioether (sulfide) groups is 1. The molecule has 0 radical (unpaired) electrons. The molecule has 3 aromatic rings. The van der Waals surface area contributed by atoms with Crippen molar-refractivity contribution in [3.8, 4) is 11.1 Å². The van der Waals surface area contributed by atoms with Gasteiger partial charge in [0, 0.05) is 25.9 Å². The Morgan fingerprint density at radius 2 is 1.79 bits per heavy atom. The summed E-state index contributed by atoms with van der Waals surface area (Å²) in [5.74, 6) is 0.265. The van der Waals surface area contributed by atoms with E-state index in [2.05, 4.69) is 17.1 Å². The molecular formula is C22H20N2O3S2. The molecule has 0 bridgehead atoms. The first kappa shape index (κ1) is 19.8. The second-order valence-electron chi connectivity index (χ2n) is 7.04. The van der Waals surface area contributed by atoms with Gasteiger partial charge in [-0.1, -0.05) is 48.2 Å². The molecule has 0 aliphatic heterocycles. The van der Waals surface area contributed by atoms with Gasteiger partial charge in [0.1, 0.15) is 4.90 Å². The molecule has 0 atom stereocenters. The van der Waals surface area contributed by atoms with Gasteiger partial charge in [-0.3, -0.25) is 4.79 Å². The third-order valence-corrected chi connectivity index (χ3v) is 7.70. The normalized spacial score (nSPS) is 12.7. The topological polar surface area (TPSA) is 67.3 Å². The van der Waals surface area contributed by atoms with Gasteiger partial charge in [-0.05, 0) is 46.9 Å². The summed E-state index contributed by atoms with van der Waals surface area (Å²) in [6.45, 7) is 0. The smallest absolute Gasteiger partial charge is 0.244 e. The first-order valence-corrected chi connectivity index (χ1v) is 11.5. The fourth-order valence-corrected chi connectivity index (χ4v) is 4.92. The van der Waals surface area contributed by atoms with Gasteiger partial charge >= 0.3 is 0 Å². The number of ketones is 1. The van der Waals surface area contributed by atoms with E-state index < -0.39 is 10.0 Å². The van der Waals surface area contributed by atoms with Crippen LogP contribution in [0.25, 0.3) is 11.1 Å². The molecule has 0 fully saturated rings. The molecule has 1 aromatic heterocycles. The largest absolute Gasteiger partial charge is 0.293 e. The number of hydrogen-bond donors (Lipinski definition) is 0. The van der Waals surface area contributed by atoms with Crippen molar-refractivity contribution in [2.24, 2.45) is 0 Å². The molecule has 148 valence electrons. The molecular weight excluding hydrogens is 404 g/mol. The van der Waals surface area contributed by atoms with E-state index in [4.69, 9.17) is 0 Å². The van der Waals surface area contributed by atoms with Gasteiger partial charge in [0.05, 0.1) is 10.8 Å². The highest BCUT2D eigenvalue weighted by Crippen LogP contribution is 2.37. The highest BCUT2D eigenvalue weighted by Gasteiger charge is 2.20. The summed E-state index contributed by atoms with van der Waals surface area (Å²) in [4.78, 5) is 17.0. The number of Topliss-reactive ketones (excluding diaryl/α,β-unsaturated/α-hetero) is 1. The number of carbonyl (C=O) groups excluding carboxylic acids is 1. The lowest BCUT2D eigenvalue weighted by atomic mass is 10.0. The molecule has 1 aliphatic rings. The second-order valence-corrected chi connectivity index (χ2v) is 10.2. The molecule has 1 heterocycles. The second kappa shape index (κ2) is 7.74. The minimum Gasteiger partial charge on any atom is -0.293 e. The number of pyridine rings is 1.